The molecule has 1 rings (SSSR count). The molecule has 0 fully saturated rings. The molecule has 0 spiro atoms. The summed E-state index contributed by atoms with van der Waals surface area (Å²) in [5.74, 6) is 4.50. The monoisotopic (exact) mass is 291 g/mol. The fourth-order valence-electron chi connectivity index (χ4n) is 1.86. The summed E-state index contributed by atoms with van der Waals surface area (Å²) in [7, 11) is 0. The number of aliphatic hydroxyl groups excluding tert-OH is 1. The molecule has 0 saturated heterocycles. The topological polar surface area (TPSA) is 49.3 Å². The van der Waals surface area contributed by atoms with Crippen LogP contribution in [0.4, 0.5) is 4.39 Å². The molecule has 3 nitrogen and oxygen atoms in total. The van der Waals surface area contributed by atoms with Gasteiger partial charge in [0.05, 0.1) is 12.2 Å². The van der Waals surface area contributed by atoms with E-state index in [4.69, 9.17) is 5.11 Å². The highest BCUT2D eigenvalue weighted by atomic mass is 19.1. The first-order valence-corrected chi connectivity index (χ1v) is 7.28. The average Bonchev–Trinajstić information content (AvgIpc) is 2.46. The van der Waals surface area contributed by atoms with Crippen molar-refractivity contribution in [2.45, 2.75) is 45.6 Å². The lowest BCUT2D eigenvalue weighted by Crippen LogP contribution is -2.32. The second-order valence-electron chi connectivity index (χ2n) is 4.99. The van der Waals surface area contributed by atoms with Gasteiger partial charge in [-0.2, -0.15) is 0 Å². The van der Waals surface area contributed by atoms with Crippen molar-refractivity contribution in [2.24, 2.45) is 0 Å². The van der Waals surface area contributed by atoms with E-state index in [1.807, 2.05) is 6.92 Å². The third kappa shape index (κ3) is 5.97. The zero-order chi connectivity index (χ0) is 15.7. The molecule has 0 aromatic heterocycles. The lowest BCUT2D eigenvalue weighted by molar-refractivity contribution is 0.0937. The lowest BCUT2D eigenvalue weighted by atomic mass is 10.1. The van der Waals surface area contributed by atoms with Crippen molar-refractivity contribution in [1.29, 1.82) is 0 Å². The maximum absolute atomic E-state index is 13.8. The molecule has 0 bridgehead atoms. The minimum absolute atomic E-state index is 0.0508. The zero-order valence-electron chi connectivity index (χ0n) is 12.6. The maximum atomic E-state index is 13.8. The van der Waals surface area contributed by atoms with Crippen molar-refractivity contribution in [3.8, 4) is 11.8 Å². The van der Waals surface area contributed by atoms with E-state index >= 15 is 0 Å². The molecule has 2 N–H and O–H groups in total. The Kier molecular flexibility index (Phi) is 7.49. The molecular weight excluding hydrogens is 269 g/mol. The number of aliphatic hydroxyl groups is 1. The van der Waals surface area contributed by atoms with Gasteiger partial charge in [0, 0.05) is 18.0 Å². The lowest BCUT2D eigenvalue weighted by Gasteiger charge is -2.13. The third-order valence-corrected chi connectivity index (χ3v) is 3.06. The SMILES string of the molecule is CCCCC(C)NC(=O)c1ccc(C#CCCO)c(F)c1. The van der Waals surface area contributed by atoms with Crippen molar-refractivity contribution >= 4 is 5.91 Å². The molecule has 0 heterocycles. The molecule has 1 unspecified atom stereocenters. The van der Waals surface area contributed by atoms with E-state index < -0.39 is 5.82 Å². The van der Waals surface area contributed by atoms with Gasteiger partial charge in [0.25, 0.3) is 5.91 Å². The summed E-state index contributed by atoms with van der Waals surface area (Å²) < 4.78 is 13.8. The van der Waals surface area contributed by atoms with Crippen LogP contribution in [0, 0.1) is 17.7 Å². The van der Waals surface area contributed by atoms with E-state index in [0.29, 0.717) is 12.0 Å². The predicted molar refractivity (Wildman–Crippen MR) is 81.4 cm³/mol. The second kappa shape index (κ2) is 9.15. The van der Waals surface area contributed by atoms with Crippen molar-refractivity contribution in [3.05, 3.63) is 35.1 Å². The van der Waals surface area contributed by atoms with E-state index in [9.17, 15) is 9.18 Å². The minimum Gasteiger partial charge on any atom is -0.395 e. The molecule has 114 valence electrons. The van der Waals surface area contributed by atoms with Crippen molar-refractivity contribution in [3.63, 3.8) is 0 Å². The largest absolute Gasteiger partial charge is 0.395 e. The Morgan fingerprint density at radius 3 is 2.86 bits per heavy atom. The molecule has 1 amide bonds. The number of rotatable bonds is 6. The molecule has 1 atom stereocenters. The van der Waals surface area contributed by atoms with E-state index in [1.54, 1.807) is 6.07 Å². The highest BCUT2D eigenvalue weighted by molar-refractivity contribution is 5.94. The first-order valence-electron chi connectivity index (χ1n) is 7.28. The molecule has 0 aliphatic rings. The summed E-state index contributed by atoms with van der Waals surface area (Å²) in [6, 6.07) is 4.33. The van der Waals surface area contributed by atoms with Crippen LogP contribution in [-0.2, 0) is 0 Å². The number of carbonyl (C=O) groups excluding carboxylic acids is 1. The van der Waals surface area contributed by atoms with Crippen LogP contribution in [0.1, 0.15) is 55.5 Å². The number of halogens is 1. The standard InChI is InChI=1S/C17H22FNO2/c1-3-4-7-13(2)19-17(21)15-10-9-14(16(18)12-15)8-5-6-11-20/h9-10,12-13,20H,3-4,6-7,11H2,1-2H3,(H,19,21). The van der Waals surface area contributed by atoms with Crippen molar-refractivity contribution in [2.75, 3.05) is 6.61 Å². The van der Waals surface area contributed by atoms with Crippen LogP contribution in [0.3, 0.4) is 0 Å². The van der Waals surface area contributed by atoms with Crippen molar-refractivity contribution < 1.29 is 14.3 Å². The van der Waals surface area contributed by atoms with Crippen molar-refractivity contribution in [1.82, 2.24) is 5.32 Å². The van der Waals surface area contributed by atoms with Crippen LogP contribution >= 0.6 is 0 Å². The molecule has 4 heteroatoms. The molecule has 21 heavy (non-hydrogen) atoms. The van der Waals surface area contributed by atoms with Crippen LogP contribution < -0.4 is 5.32 Å². The van der Waals surface area contributed by atoms with E-state index in [0.717, 1.165) is 19.3 Å². The molecule has 1 aromatic carbocycles. The van der Waals surface area contributed by atoms with Gasteiger partial charge >= 0.3 is 0 Å². The Morgan fingerprint density at radius 2 is 2.24 bits per heavy atom. The highest BCUT2D eigenvalue weighted by Crippen LogP contribution is 2.10. The molecule has 0 saturated carbocycles. The van der Waals surface area contributed by atoms with Gasteiger partial charge in [-0.05, 0) is 31.5 Å². The summed E-state index contributed by atoms with van der Waals surface area (Å²) in [4.78, 5) is 12.0. The van der Waals surface area contributed by atoms with Gasteiger partial charge in [-0.1, -0.05) is 31.6 Å². The first kappa shape index (κ1) is 17.2. The van der Waals surface area contributed by atoms with E-state index in [1.165, 1.54) is 12.1 Å². The van der Waals surface area contributed by atoms with Crippen LogP contribution in [0.15, 0.2) is 18.2 Å². The Labute approximate surface area is 125 Å². The molecule has 0 aliphatic heterocycles. The summed E-state index contributed by atoms with van der Waals surface area (Å²) in [6.07, 6.45) is 3.34. The third-order valence-electron chi connectivity index (χ3n) is 3.06. The summed E-state index contributed by atoms with van der Waals surface area (Å²) in [6.45, 7) is 3.99. The van der Waals surface area contributed by atoms with Gasteiger partial charge in [0.15, 0.2) is 0 Å². The summed E-state index contributed by atoms with van der Waals surface area (Å²) in [5.41, 5.74) is 0.530. The second-order valence-corrected chi connectivity index (χ2v) is 4.99. The predicted octanol–water partition coefficient (Wildman–Crippen LogP) is 2.87. The van der Waals surface area contributed by atoms with Gasteiger partial charge in [-0.15, -0.1) is 0 Å². The van der Waals surface area contributed by atoms with Crippen LogP contribution in [0.2, 0.25) is 0 Å². The molecule has 1 aromatic rings. The number of hydrogen-bond donors (Lipinski definition) is 2. The van der Waals surface area contributed by atoms with Crippen LogP contribution in [0.25, 0.3) is 0 Å². The normalized spacial score (nSPS) is 11.4. The Hall–Kier alpha value is -1.86. The van der Waals surface area contributed by atoms with Gasteiger partial charge in [0.1, 0.15) is 5.82 Å². The first-order chi connectivity index (χ1) is 10.1. The quantitative estimate of drug-likeness (QED) is 0.792. The maximum Gasteiger partial charge on any atom is 0.251 e. The van der Waals surface area contributed by atoms with Gasteiger partial charge in [0.2, 0.25) is 0 Å². The number of amides is 1. The summed E-state index contributed by atoms with van der Waals surface area (Å²) >= 11 is 0. The fourth-order valence-corrected chi connectivity index (χ4v) is 1.86. The molecular formula is C17H22FNO2. The fraction of sp³-hybridized carbons (Fsp3) is 0.471. The zero-order valence-corrected chi connectivity index (χ0v) is 12.6. The number of unbranched alkanes of at least 4 members (excludes halogenated alkanes) is 1. The Morgan fingerprint density at radius 1 is 1.48 bits per heavy atom. The number of carbonyl (C=O) groups is 1. The van der Waals surface area contributed by atoms with E-state index in [-0.39, 0.29) is 24.1 Å². The number of benzene rings is 1. The van der Waals surface area contributed by atoms with Gasteiger partial charge < -0.3 is 10.4 Å². The van der Waals surface area contributed by atoms with Gasteiger partial charge in [-0.25, -0.2) is 4.39 Å². The Bertz CT molecular complexity index is 531. The van der Waals surface area contributed by atoms with Crippen LogP contribution in [0.5, 0.6) is 0 Å². The van der Waals surface area contributed by atoms with E-state index in [2.05, 4.69) is 24.1 Å². The average molecular weight is 291 g/mol. The van der Waals surface area contributed by atoms with Gasteiger partial charge in [-0.3, -0.25) is 4.79 Å². The Balaban J connectivity index is 2.70. The number of hydrogen-bond acceptors (Lipinski definition) is 2. The minimum atomic E-state index is -0.519. The van der Waals surface area contributed by atoms with Crippen LogP contribution in [-0.4, -0.2) is 23.7 Å². The molecule has 0 aliphatic carbocycles. The molecule has 0 radical (unpaired) electrons. The highest BCUT2D eigenvalue weighted by Gasteiger charge is 2.11. The number of nitrogens with one attached hydrogen (secondary N) is 1. The summed E-state index contributed by atoms with van der Waals surface area (Å²) in [5, 5.41) is 11.5. The smallest absolute Gasteiger partial charge is 0.251 e.